The summed E-state index contributed by atoms with van der Waals surface area (Å²) in [5.74, 6) is 0. The van der Waals surface area contributed by atoms with Crippen LogP contribution in [0.15, 0.2) is 9.59 Å². The first-order chi connectivity index (χ1) is 7.04. The quantitative estimate of drug-likeness (QED) is 0.443. The van der Waals surface area contributed by atoms with Crippen LogP contribution in [0.5, 0.6) is 0 Å². The maximum absolute atomic E-state index is 11.1. The first kappa shape index (κ1) is 10.9. The number of nitrogens with two attached hydrogens (primary N) is 1. The number of hydrogen-bond acceptors (Lipinski definition) is 4. The van der Waals surface area contributed by atoms with E-state index in [-0.39, 0.29) is 22.9 Å². The van der Waals surface area contributed by atoms with Crippen LogP contribution in [0.2, 0.25) is 0 Å². The Kier molecular flexibility index (Phi) is 3.20. The molecule has 7 nitrogen and oxygen atoms in total. The van der Waals surface area contributed by atoms with Crippen molar-refractivity contribution in [2.75, 3.05) is 0 Å². The molecule has 0 aliphatic carbocycles. The van der Waals surface area contributed by atoms with Crippen molar-refractivity contribution in [1.29, 1.82) is 5.26 Å². The zero-order valence-corrected chi connectivity index (χ0v) is 8.27. The average molecular weight is 225 g/mol. The molecule has 0 saturated carbocycles. The van der Waals surface area contributed by atoms with Crippen LogP contribution in [-0.2, 0) is 6.54 Å². The van der Waals surface area contributed by atoms with E-state index in [1.165, 1.54) is 0 Å². The molecule has 0 aromatic carbocycles. The maximum atomic E-state index is 11.1. The van der Waals surface area contributed by atoms with Crippen LogP contribution in [0.25, 0.3) is 0 Å². The molecule has 8 heteroatoms. The number of aromatic nitrogens is 2. The molecule has 0 spiro atoms. The van der Waals surface area contributed by atoms with E-state index in [0.717, 1.165) is 0 Å². The summed E-state index contributed by atoms with van der Waals surface area (Å²) in [7, 11) is 0. The number of nitrogens with zero attached hydrogens (tertiary/aromatic N) is 1. The van der Waals surface area contributed by atoms with Gasteiger partial charge in [0.05, 0.1) is 12.2 Å². The largest absolute Gasteiger partial charge is 0.376 e. The van der Waals surface area contributed by atoms with Crippen molar-refractivity contribution in [1.82, 2.24) is 15.3 Å². The van der Waals surface area contributed by atoms with Gasteiger partial charge in [-0.15, -0.1) is 0 Å². The van der Waals surface area contributed by atoms with Crippen LogP contribution >= 0.6 is 12.2 Å². The van der Waals surface area contributed by atoms with Gasteiger partial charge in [-0.1, -0.05) is 0 Å². The number of nitrogens with one attached hydrogen (secondary N) is 3. The lowest BCUT2D eigenvalue weighted by Crippen LogP contribution is -2.33. The maximum Gasteiger partial charge on any atom is 0.326 e. The van der Waals surface area contributed by atoms with Crippen molar-refractivity contribution in [3.63, 3.8) is 0 Å². The molecular formula is C7H7N5O2S. The smallest absolute Gasteiger partial charge is 0.326 e. The van der Waals surface area contributed by atoms with Gasteiger partial charge in [0, 0.05) is 0 Å². The number of nitriles is 1. The highest BCUT2D eigenvalue weighted by molar-refractivity contribution is 7.80. The molecule has 1 rings (SSSR count). The molecule has 1 aromatic heterocycles. The van der Waals surface area contributed by atoms with Crippen molar-refractivity contribution in [2.24, 2.45) is 5.73 Å². The molecular weight excluding hydrogens is 218 g/mol. The summed E-state index contributed by atoms with van der Waals surface area (Å²) in [4.78, 5) is 26.3. The van der Waals surface area contributed by atoms with E-state index in [2.05, 4.69) is 22.5 Å². The summed E-state index contributed by atoms with van der Waals surface area (Å²) in [5.41, 5.74) is 3.73. The van der Waals surface area contributed by atoms with Gasteiger partial charge >= 0.3 is 5.69 Å². The number of aromatic amines is 2. The van der Waals surface area contributed by atoms with Gasteiger partial charge in [-0.05, 0) is 12.2 Å². The van der Waals surface area contributed by atoms with Crippen molar-refractivity contribution in [2.45, 2.75) is 6.54 Å². The fourth-order valence-corrected chi connectivity index (χ4v) is 1.03. The molecule has 0 radical (unpaired) electrons. The molecule has 0 fully saturated rings. The summed E-state index contributed by atoms with van der Waals surface area (Å²) < 4.78 is 0. The predicted octanol–water partition coefficient (Wildman–Crippen LogP) is -1.73. The molecule has 0 aliphatic rings. The standard InChI is InChI=1S/C7H7N5O2S/c8-1-3-4(2-10-6(9)15)11-7(14)12-5(3)13/h2H2,(H3,9,10,15)(H2,11,12,13,14). The second-order valence-electron chi connectivity index (χ2n) is 2.59. The molecule has 1 aromatic rings. The third kappa shape index (κ3) is 2.65. The lowest BCUT2D eigenvalue weighted by atomic mass is 10.2. The van der Waals surface area contributed by atoms with E-state index < -0.39 is 11.2 Å². The molecule has 0 atom stereocenters. The van der Waals surface area contributed by atoms with Gasteiger partial charge in [0.25, 0.3) is 5.56 Å². The van der Waals surface area contributed by atoms with Crippen LogP contribution in [0.4, 0.5) is 0 Å². The monoisotopic (exact) mass is 225 g/mol. The van der Waals surface area contributed by atoms with Crippen LogP contribution in [0.1, 0.15) is 11.3 Å². The normalized spacial score (nSPS) is 9.27. The average Bonchev–Trinajstić information content (AvgIpc) is 2.13. The SMILES string of the molecule is N#Cc1c(CNC(N)=S)[nH]c(=O)[nH]c1=O. The number of rotatable bonds is 2. The summed E-state index contributed by atoms with van der Waals surface area (Å²) in [6.07, 6.45) is 0. The van der Waals surface area contributed by atoms with E-state index in [0.29, 0.717) is 0 Å². The van der Waals surface area contributed by atoms with Gasteiger partial charge in [0.2, 0.25) is 0 Å². The third-order valence-electron chi connectivity index (χ3n) is 1.57. The third-order valence-corrected chi connectivity index (χ3v) is 1.72. The first-order valence-electron chi connectivity index (χ1n) is 3.83. The Morgan fingerprint density at radius 1 is 1.53 bits per heavy atom. The lowest BCUT2D eigenvalue weighted by Gasteiger charge is -2.04. The molecule has 15 heavy (non-hydrogen) atoms. The Labute approximate surface area is 88.9 Å². The Morgan fingerprint density at radius 2 is 2.20 bits per heavy atom. The molecule has 0 amide bonds. The minimum absolute atomic E-state index is 0.0139. The minimum Gasteiger partial charge on any atom is -0.376 e. The predicted molar refractivity (Wildman–Crippen MR) is 56.0 cm³/mol. The highest BCUT2D eigenvalue weighted by Gasteiger charge is 2.08. The van der Waals surface area contributed by atoms with Gasteiger partial charge in [0.1, 0.15) is 11.6 Å². The van der Waals surface area contributed by atoms with E-state index in [9.17, 15) is 9.59 Å². The van der Waals surface area contributed by atoms with E-state index in [1.54, 1.807) is 6.07 Å². The number of hydrogen-bond donors (Lipinski definition) is 4. The summed E-state index contributed by atoms with van der Waals surface area (Å²) in [6.45, 7) is 0.0252. The Hall–Kier alpha value is -2.14. The van der Waals surface area contributed by atoms with E-state index in [1.807, 2.05) is 4.98 Å². The highest BCUT2D eigenvalue weighted by atomic mass is 32.1. The zero-order chi connectivity index (χ0) is 11.4. The van der Waals surface area contributed by atoms with Gasteiger partial charge < -0.3 is 16.0 Å². The van der Waals surface area contributed by atoms with Crippen molar-refractivity contribution in [3.8, 4) is 6.07 Å². The minimum atomic E-state index is -0.735. The van der Waals surface area contributed by atoms with Gasteiger partial charge in [-0.3, -0.25) is 9.78 Å². The fraction of sp³-hybridized carbons (Fsp3) is 0.143. The Balaban J connectivity index is 3.17. The molecule has 1 heterocycles. The summed E-state index contributed by atoms with van der Waals surface area (Å²) in [6, 6.07) is 1.68. The second kappa shape index (κ2) is 4.39. The number of thiocarbonyl (C=S) groups is 1. The topological polar surface area (TPSA) is 128 Å². The van der Waals surface area contributed by atoms with Crippen molar-refractivity contribution >= 4 is 17.3 Å². The first-order valence-corrected chi connectivity index (χ1v) is 4.24. The number of H-pyrrole nitrogens is 2. The van der Waals surface area contributed by atoms with E-state index in [4.69, 9.17) is 11.0 Å². The van der Waals surface area contributed by atoms with Crippen LogP contribution < -0.4 is 22.3 Å². The van der Waals surface area contributed by atoms with Crippen LogP contribution in [-0.4, -0.2) is 15.1 Å². The summed E-state index contributed by atoms with van der Waals surface area (Å²) in [5, 5.41) is 11.2. The van der Waals surface area contributed by atoms with Gasteiger partial charge in [-0.2, -0.15) is 5.26 Å². The van der Waals surface area contributed by atoms with Crippen molar-refractivity contribution in [3.05, 3.63) is 32.1 Å². The molecule has 0 bridgehead atoms. The lowest BCUT2D eigenvalue weighted by molar-refractivity contribution is 0.837. The molecule has 0 unspecified atom stereocenters. The molecule has 5 N–H and O–H groups in total. The van der Waals surface area contributed by atoms with Gasteiger partial charge in [-0.25, -0.2) is 4.79 Å². The van der Waals surface area contributed by atoms with Crippen molar-refractivity contribution < 1.29 is 0 Å². The molecule has 78 valence electrons. The molecule has 0 saturated heterocycles. The molecule has 0 aliphatic heterocycles. The van der Waals surface area contributed by atoms with Gasteiger partial charge in [0.15, 0.2) is 5.11 Å². The van der Waals surface area contributed by atoms with Crippen LogP contribution in [0, 0.1) is 11.3 Å². The van der Waals surface area contributed by atoms with E-state index >= 15 is 0 Å². The zero-order valence-electron chi connectivity index (χ0n) is 7.46. The van der Waals surface area contributed by atoms with Crippen LogP contribution in [0.3, 0.4) is 0 Å². The Morgan fingerprint density at radius 3 is 2.73 bits per heavy atom. The fourth-order valence-electron chi connectivity index (χ4n) is 0.960. The highest BCUT2D eigenvalue weighted by Crippen LogP contribution is 1.93. The Bertz CT molecular complexity index is 538. The second-order valence-corrected chi connectivity index (χ2v) is 3.03. The summed E-state index contributed by atoms with van der Waals surface area (Å²) >= 11 is 4.55.